The second kappa shape index (κ2) is 9.31. The van der Waals surface area contributed by atoms with Crippen LogP contribution in [0.25, 0.3) is 0 Å². The Kier molecular flexibility index (Phi) is 6.35. The first-order chi connectivity index (χ1) is 14.2. The van der Waals surface area contributed by atoms with Crippen LogP contribution in [-0.4, -0.2) is 38.3 Å². The first kappa shape index (κ1) is 19.8. The topological polar surface area (TPSA) is 50.8 Å². The van der Waals surface area contributed by atoms with E-state index in [1.165, 1.54) is 18.5 Å². The fraction of sp³-hybridized carbons (Fsp3) is 0.458. The highest BCUT2D eigenvalue weighted by Crippen LogP contribution is 2.25. The first-order valence-electron chi connectivity index (χ1n) is 10.7. The van der Waals surface area contributed by atoms with Gasteiger partial charge in [-0.2, -0.15) is 0 Å². The van der Waals surface area contributed by atoms with Gasteiger partial charge in [-0.25, -0.2) is 0 Å². The van der Waals surface area contributed by atoms with Crippen LogP contribution in [0.4, 0.5) is 11.4 Å². The zero-order valence-corrected chi connectivity index (χ0v) is 17.1. The summed E-state index contributed by atoms with van der Waals surface area (Å²) in [6.45, 7) is 5.86. The second-order valence-electron chi connectivity index (χ2n) is 8.14. The Balaban J connectivity index is 1.33. The van der Waals surface area contributed by atoms with E-state index in [4.69, 9.17) is 9.47 Å². The smallest absolute Gasteiger partial charge is 0.255 e. The molecule has 5 heteroatoms. The minimum Gasteiger partial charge on any atom is -0.491 e. The molecule has 0 aliphatic carbocycles. The van der Waals surface area contributed by atoms with Gasteiger partial charge in [0.05, 0.1) is 6.10 Å². The van der Waals surface area contributed by atoms with Crippen LogP contribution in [-0.2, 0) is 4.74 Å². The van der Waals surface area contributed by atoms with Crippen LogP contribution in [0.3, 0.4) is 0 Å². The average molecular weight is 395 g/mol. The van der Waals surface area contributed by atoms with Crippen molar-refractivity contribution in [3.05, 3.63) is 54.1 Å². The highest BCUT2D eigenvalue weighted by molar-refractivity contribution is 6.04. The number of ether oxygens (including phenoxy) is 2. The molecular weight excluding hydrogens is 364 g/mol. The monoisotopic (exact) mass is 394 g/mol. The van der Waals surface area contributed by atoms with Crippen molar-refractivity contribution in [3.63, 3.8) is 0 Å². The molecule has 1 amide bonds. The van der Waals surface area contributed by atoms with Crippen molar-refractivity contribution in [2.24, 2.45) is 5.92 Å². The molecule has 0 spiro atoms. The van der Waals surface area contributed by atoms with E-state index >= 15 is 0 Å². The van der Waals surface area contributed by atoms with Gasteiger partial charge in [0.2, 0.25) is 0 Å². The van der Waals surface area contributed by atoms with Gasteiger partial charge in [0.1, 0.15) is 12.4 Å². The Labute approximate surface area is 173 Å². The maximum Gasteiger partial charge on any atom is 0.255 e. The number of piperidine rings is 1. The van der Waals surface area contributed by atoms with Crippen molar-refractivity contribution < 1.29 is 14.3 Å². The molecule has 29 heavy (non-hydrogen) atoms. The average Bonchev–Trinajstić information content (AvgIpc) is 3.27. The summed E-state index contributed by atoms with van der Waals surface area (Å²) in [5.41, 5.74) is 2.61. The molecule has 154 valence electrons. The molecule has 2 heterocycles. The quantitative estimate of drug-likeness (QED) is 0.769. The highest BCUT2D eigenvalue weighted by atomic mass is 16.5. The zero-order chi connectivity index (χ0) is 20.1. The number of hydrogen-bond acceptors (Lipinski definition) is 4. The van der Waals surface area contributed by atoms with Gasteiger partial charge in [0.25, 0.3) is 5.91 Å². The molecule has 1 unspecified atom stereocenters. The molecule has 2 aromatic carbocycles. The molecular formula is C24H30N2O3. The number of nitrogens with zero attached hydrogens (tertiary/aromatic N) is 1. The van der Waals surface area contributed by atoms with Gasteiger partial charge in [-0.05, 0) is 74.1 Å². The summed E-state index contributed by atoms with van der Waals surface area (Å²) in [5.74, 6) is 1.38. The predicted octanol–water partition coefficient (Wildman–Crippen LogP) is 4.73. The second-order valence-corrected chi connectivity index (χ2v) is 8.14. The van der Waals surface area contributed by atoms with Crippen LogP contribution in [0.5, 0.6) is 5.75 Å². The van der Waals surface area contributed by atoms with E-state index in [0.717, 1.165) is 44.1 Å². The Bertz CT molecular complexity index is 807. The summed E-state index contributed by atoms with van der Waals surface area (Å²) in [4.78, 5) is 15.1. The number of rotatable bonds is 6. The number of nitrogens with one attached hydrogen (secondary N) is 1. The van der Waals surface area contributed by atoms with Gasteiger partial charge in [-0.15, -0.1) is 0 Å². The number of carbonyl (C=O) groups excluding carboxylic acids is 1. The Hall–Kier alpha value is -2.53. The fourth-order valence-corrected chi connectivity index (χ4v) is 3.92. The van der Waals surface area contributed by atoms with Gasteiger partial charge < -0.3 is 19.7 Å². The normalized spacial score (nSPS) is 19.9. The van der Waals surface area contributed by atoms with E-state index in [1.54, 1.807) is 12.1 Å². The lowest BCUT2D eigenvalue weighted by Crippen LogP contribution is -2.32. The van der Waals surface area contributed by atoms with Gasteiger partial charge in [0, 0.05) is 36.6 Å². The molecule has 0 radical (unpaired) electrons. The van der Waals surface area contributed by atoms with Crippen molar-refractivity contribution in [1.29, 1.82) is 0 Å². The summed E-state index contributed by atoms with van der Waals surface area (Å²) in [7, 11) is 0. The first-order valence-corrected chi connectivity index (χ1v) is 10.7. The summed E-state index contributed by atoms with van der Waals surface area (Å²) in [5, 5.41) is 2.98. The van der Waals surface area contributed by atoms with E-state index in [0.29, 0.717) is 17.9 Å². The van der Waals surface area contributed by atoms with Crippen molar-refractivity contribution in [3.8, 4) is 5.75 Å². The molecule has 2 aliphatic rings. The van der Waals surface area contributed by atoms with E-state index < -0.39 is 0 Å². The van der Waals surface area contributed by atoms with E-state index in [2.05, 4.69) is 29.3 Å². The maximum atomic E-state index is 12.6. The number of anilines is 2. The van der Waals surface area contributed by atoms with Gasteiger partial charge in [-0.3, -0.25) is 4.79 Å². The van der Waals surface area contributed by atoms with Crippen molar-refractivity contribution >= 4 is 17.3 Å². The third-order valence-corrected chi connectivity index (χ3v) is 5.83. The molecule has 0 saturated carbocycles. The third-order valence-electron chi connectivity index (χ3n) is 5.83. The van der Waals surface area contributed by atoms with E-state index in [9.17, 15) is 4.79 Å². The standard InChI is InChI=1S/C24H30N2O3/c1-18-11-13-26(14-12-18)21-9-7-20(8-10-21)25-24(27)19-4-2-5-22(16-19)29-17-23-6-3-15-28-23/h2,4-5,7-10,16,18,23H,3,6,11-15,17H2,1H3,(H,25,27). The molecule has 4 rings (SSSR count). The molecule has 1 N–H and O–H groups in total. The van der Waals surface area contributed by atoms with Crippen LogP contribution in [0.2, 0.25) is 0 Å². The van der Waals surface area contributed by atoms with Crippen LogP contribution >= 0.6 is 0 Å². The van der Waals surface area contributed by atoms with Crippen molar-refractivity contribution in [2.75, 3.05) is 36.5 Å². The van der Waals surface area contributed by atoms with Crippen molar-refractivity contribution in [1.82, 2.24) is 0 Å². The molecule has 0 bridgehead atoms. The minimum absolute atomic E-state index is 0.132. The lowest BCUT2D eigenvalue weighted by Gasteiger charge is -2.32. The number of benzene rings is 2. The third kappa shape index (κ3) is 5.30. The van der Waals surface area contributed by atoms with Gasteiger partial charge in [0.15, 0.2) is 0 Å². The molecule has 0 aromatic heterocycles. The summed E-state index contributed by atoms with van der Waals surface area (Å²) >= 11 is 0. The summed E-state index contributed by atoms with van der Waals surface area (Å²) in [6.07, 6.45) is 4.76. The van der Waals surface area contributed by atoms with Crippen LogP contribution in [0, 0.1) is 5.92 Å². The van der Waals surface area contributed by atoms with Gasteiger partial charge in [-0.1, -0.05) is 13.0 Å². The zero-order valence-electron chi connectivity index (χ0n) is 17.1. The minimum atomic E-state index is -0.132. The molecule has 2 saturated heterocycles. The van der Waals surface area contributed by atoms with Crippen LogP contribution in [0.1, 0.15) is 43.0 Å². The van der Waals surface area contributed by atoms with Crippen LogP contribution in [0.15, 0.2) is 48.5 Å². The van der Waals surface area contributed by atoms with E-state index in [-0.39, 0.29) is 12.0 Å². The largest absolute Gasteiger partial charge is 0.491 e. The number of hydrogen-bond donors (Lipinski definition) is 1. The number of amides is 1. The lowest BCUT2D eigenvalue weighted by molar-refractivity contribution is 0.0679. The highest BCUT2D eigenvalue weighted by Gasteiger charge is 2.17. The summed E-state index contributed by atoms with van der Waals surface area (Å²) in [6, 6.07) is 15.4. The molecule has 2 aromatic rings. The molecule has 1 atom stereocenters. The summed E-state index contributed by atoms with van der Waals surface area (Å²) < 4.78 is 11.4. The maximum absolute atomic E-state index is 12.6. The Morgan fingerprint density at radius 3 is 2.66 bits per heavy atom. The van der Waals surface area contributed by atoms with Crippen molar-refractivity contribution in [2.45, 2.75) is 38.7 Å². The molecule has 2 fully saturated rings. The number of carbonyl (C=O) groups is 1. The van der Waals surface area contributed by atoms with E-state index in [1.807, 2.05) is 24.3 Å². The fourth-order valence-electron chi connectivity index (χ4n) is 3.92. The lowest BCUT2D eigenvalue weighted by atomic mass is 9.99. The Morgan fingerprint density at radius 1 is 1.14 bits per heavy atom. The molecule has 2 aliphatic heterocycles. The Morgan fingerprint density at radius 2 is 1.93 bits per heavy atom. The predicted molar refractivity (Wildman–Crippen MR) is 116 cm³/mol. The SMILES string of the molecule is CC1CCN(c2ccc(NC(=O)c3cccc(OCC4CCCO4)c3)cc2)CC1. The van der Waals surface area contributed by atoms with Crippen LogP contribution < -0.4 is 15.0 Å². The molecule has 5 nitrogen and oxygen atoms in total. The van der Waals surface area contributed by atoms with Gasteiger partial charge >= 0.3 is 0 Å².